The lowest BCUT2D eigenvalue weighted by atomic mass is 9.31. The monoisotopic (exact) mass is 1270 g/mol. The summed E-state index contributed by atoms with van der Waals surface area (Å²) >= 11 is 1.86. The second kappa shape index (κ2) is 23.9. The van der Waals surface area contributed by atoms with E-state index in [2.05, 4.69) is 384 Å². The first-order valence-electron chi connectivity index (χ1n) is 33.6. The Kier molecular flexibility index (Phi) is 14.0. The summed E-state index contributed by atoms with van der Waals surface area (Å²) in [6, 6.07) is 134. The topological polar surface area (TPSA) is 22.2 Å². The molecule has 0 radical (unpaired) electrons. The normalized spacial score (nSPS) is 12.7. The molecule has 0 saturated heterocycles. The van der Waals surface area contributed by atoms with Crippen molar-refractivity contribution < 1.29 is 4.74 Å². The lowest BCUT2D eigenvalue weighted by Crippen LogP contribution is -2.64. The molecular weight excluding hydrogens is 1210 g/mol. The summed E-state index contributed by atoms with van der Waals surface area (Å²) in [4.78, 5) is 12.4. The molecule has 0 aliphatic carbocycles. The average molecular weight is 1270 g/mol. The molecule has 0 amide bonds. The standard InChI is InChI=1S/C90H60B2N4OS/c1-8-29-61(30-9-1)62-51-53-69(54-52-62)94(79-48-25-22-43-72(79)63-31-10-2-11-32-63)71-57-85-89-87(58-71)98-86-60-81-77(59-78(86)92(89)76-47-24-27-50-84(76)97-85)91-75-46-23-26-49-80(75)95(68-41-20-7-21-42-68)82-55-70(93(66-37-16-5-17-38-66)67-39-18-6-19-40-67)56-83(88(82)91)96(81)90-73(64-33-12-3-13-34-64)44-28-45-74(90)65-35-14-4-15-36-65/h1-60H. The minimum absolute atomic E-state index is 0.158. The van der Waals surface area contributed by atoms with E-state index in [1.165, 1.54) is 37.8 Å². The Hall–Kier alpha value is -12.2. The van der Waals surface area contributed by atoms with Crippen molar-refractivity contribution in [1.29, 1.82) is 0 Å². The molecule has 0 saturated carbocycles. The second-order valence-electron chi connectivity index (χ2n) is 25.4. The number of para-hydroxylation sites is 7. The zero-order valence-corrected chi connectivity index (χ0v) is 54.2. The van der Waals surface area contributed by atoms with E-state index < -0.39 is 0 Å². The van der Waals surface area contributed by atoms with Gasteiger partial charge < -0.3 is 24.3 Å². The third-order valence-corrected chi connectivity index (χ3v) is 21.0. The molecule has 4 heterocycles. The summed E-state index contributed by atoms with van der Waals surface area (Å²) < 4.78 is 7.34. The van der Waals surface area contributed by atoms with Gasteiger partial charge in [-0.3, -0.25) is 0 Å². The van der Waals surface area contributed by atoms with Crippen LogP contribution in [-0.2, 0) is 0 Å². The fourth-order valence-electron chi connectivity index (χ4n) is 15.7. The maximum absolute atomic E-state index is 7.34. The highest BCUT2D eigenvalue weighted by molar-refractivity contribution is 8.00. The second-order valence-corrected chi connectivity index (χ2v) is 26.5. The van der Waals surface area contributed by atoms with Gasteiger partial charge >= 0.3 is 0 Å². The quantitative estimate of drug-likeness (QED) is 0.113. The van der Waals surface area contributed by atoms with Crippen molar-refractivity contribution in [2.75, 3.05) is 19.6 Å². The Morgan fingerprint density at radius 1 is 0.265 bits per heavy atom. The van der Waals surface area contributed by atoms with Gasteiger partial charge in [0.1, 0.15) is 11.5 Å². The van der Waals surface area contributed by atoms with Crippen LogP contribution in [0.2, 0.25) is 0 Å². The largest absolute Gasteiger partial charge is 0.458 e. The molecule has 98 heavy (non-hydrogen) atoms. The first-order chi connectivity index (χ1) is 48.6. The van der Waals surface area contributed by atoms with Gasteiger partial charge in [0.05, 0.1) is 22.7 Å². The van der Waals surface area contributed by atoms with Crippen LogP contribution in [0.1, 0.15) is 0 Å². The first kappa shape index (κ1) is 57.2. The molecule has 15 aromatic rings. The third kappa shape index (κ3) is 9.58. The summed E-state index contributed by atoms with van der Waals surface area (Å²) in [7, 11) is 0. The predicted molar refractivity (Wildman–Crippen MR) is 413 cm³/mol. The molecule has 0 bridgehead atoms. The molecule has 8 heteroatoms. The van der Waals surface area contributed by atoms with Crippen molar-refractivity contribution in [2.24, 2.45) is 0 Å². The fraction of sp³-hybridized carbons (Fsp3) is 0. The van der Waals surface area contributed by atoms with Crippen LogP contribution in [0.25, 0.3) is 44.5 Å². The van der Waals surface area contributed by atoms with Gasteiger partial charge in [0, 0.05) is 78.0 Å². The molecule has 5 nitrogen and oxygen atoms in total. The molecule has 4 aliphatic rings. The van der Waals surface area contributed by atoms with Gasteiger partial charge in [-0.25, -0.2) is 0 Å². The number of hydrogen-bond donors (Lipinski definition) is 0. The first-order valence-corrected chi connectivity index (χ1v) is 34.4. The highest BCUT2D eigenvalue weighted by atomic mass is 32.2. The van der Waals surface area contributed by atoms with Crippen LogP contribution in [0.4, 0.5) is 68.2 Å². The molecule has 0 spiro atoms. The maximum Gasteiger partial charge on any atom is 0.253 e. The summed E-state index contributed by atoms with van der Waals surface area (Å²) in [5, 5.41) is 0. The van der Waals surface area contributed by atoms with Crippen molar-refractivity contribution in [3.63, 3.8) is 0 Å². The van der Waals surface area contributed by atoms with Crippen LogP contribution in [0.15, 0.2) is 374 Å². The Balaban J connectivity index is 0.899. The average Bonchev–Trinajstić information content (AvgIpc) is 0.688. The smallest absolute Gasteiger partial charge is 0.253 e. The van der Waals surface area contributed by atoms with Crippen LogP contribution in [0, 0.1) is 0 Å². The number of rotatable bonds is 12. The Labute approximate surface area is 576 Å². The van der Waals surface area contributed by atoms with E-state index in [4.69, 9.17) is 4.74 Å². The fourth-order valence-corrected chi connectivity index (χ4v) is 16.9. The van der Waals surface area contributed by atoms with Crippen LogP contribution in [0.5, 0.6) is 11.5 Å². The van der Waals surface area contributed by atoms with Gasteiger partial charge in [0.25, 0.3) is 13.4 Å². The third-order valence-electron chi connectivity index (χ3n) is 19.9. The molecular formula is C90H60B2N4OS. The molecule has 0 atom stereocenters. The Bertz CT molecular complexity index is 5440. The summed E-state index contributed by atoms with van der Waals surface area (Å²) in [5.74, 6) is 1.72. The molecule has 4 aliphatic heterocycles. The van der Waals surface area contributed by atoms with Crippen LogP contribution < -0.4 is 57.1 Å². The molecule has 19 rings (SSSR count). The summed E-state index contributed by atoms with van der Waals surface area (Å²) in [5.41, 5.74) is 29.4. The number of fused-ring (bicyclic) bond motifs is 8. The van der Waals surface area contributed by atoms with Gasteiger partial charge in [0.2, 0.25) is 0 Å². The van der Waals surface area contributed by atoms with Crippen molar-refractivity contribution in [3.8, 4) is 56.0 Å². The van der Waals surface area contributed by atoms with E-state index in [1.54, 1.807) is 0 Å². The lowest BCUT2D eigenvalue weighted by Gasteiger charge is -2.46. The zero-order chi connectivity index (χ0) is 64.6. The van der Waals surface area contributed by atoms with E-state index >= 15 is 0 Å². The van der Waals surface area contributed by atoms with E-state index in [-0.39, 0.29) is 13.4 Å². The molecule has 458 valence electrons. The number of anilines is 12. The minimum Gasteiger partial charge on any atom is -0.458 e. The SMILES string of the molecule is c1ccc(-c2ccc(N(c3cc4c5c(c3)Sc3cc6c(cc3B5c3ccccc3O4)B3c4ccccc4N(c4ccccc4)c4cc(N(c5ccccc5)c5ccccc5)cc(c43)N6c3c(-c4ccccc4)cccc3-c3ccccc3)c3ccccc3-c3ccccc3)cc2)cc1. The van der Waals surface area contributed by atoms with E-state index in [9.17, 15) is 0 Å². The highest BCUT2D eigenvalue weighted by Crippen LogP contribution is 2.54. The number of nitrogens with zero attached hydrogens (tertiary/aromatic N) is 4. The van der Waals surface area contributed by atoms with E-state index in [0.29, 0.717) is 0 Å². The summed E-state index contributed by atoms with van der Waals surface area (Å²) in [6.45, 7) is -0.350. The van der Waals surface area contributed by atoms with Gasteiger partial charge in [-0.2, -0.15) is 0 Å². The van der Waals surface area contributed by atoms with Crippen molar-refractivity contribution in [1.82, 2.24) is 0 Å². The minimum atomic E-state index is -0.192. The summed E-state index contributed by atoms with van der Waals surface area (Å²) in [6.07, 6.45) is 0. The maximum atomic E-state index is 7.34. The van der Waals surface area contributed by atoms with Gasteiger partial charge in [0.15, 0.2) is 0 Å². The van der Waals surface area contributed by atoms with Crippen molar-refractivity contribution in [2.45, 2.75) is 9.79 Å². The Morgan fingerprint density at radius 2 is 0.745 bits per heavy atom. The van der Waals surface area contributed by atoms with Gasteiger partial charge in [-0.15, -0.1) is 0 Å². The van der Waals surface area contributed by atoms with E-state index in [0.717, 1.165) is 129 Å². The zero-order valence-electron chi connectivity index (χ0n) is 53.4. The lowest BCUT2D eigenvalue weighted by molar-refractivity contribution is 0.486. The molecule has 15 aromatic carbocycles. The van der Waals surface area contributed by atoms with Crippen molar-refractivity contribution >= 4 is 126 Å². The van der Waals surface area contributed by atoms with Gasteiger partial charge in [-0.1, -0.05) is 284 Å². The van der Waals surface area contributed by atoms with Crippen molar-refractivity contribution in [3.05, 3.63) is 364 Å². The van der Waals surface area contributed by atoms with Crippen LogP contribution >= 0.6 is 11.8 Å². The number of ether oxygens (including phenoxy) is 1. The molecule has 0 aromatic heterocycles. The molecule has 0 fully saturated rings. The van der Waals surface area contributed by atoms with E-state index in [1.807, 2.05) is 11.8 Å². The number of hydrogen-bond acceptors (Lipinski definition) is 6. The van der Waals surface area contributed by atoms with Crippen LogP contribution in [0.3, 0.4) is 0 Å². The molecule has 0 unspecified atom stereocenters. The van der Waals surface area contributed by atoms with Gasteiger partial charge in [-0.05, 0) is 146 Å². The molecule has 0 N–H and O–H groups in total. The highest BCUT2D eigenvalue weighted by Gasteiger charge is 2.48. The predicted octanol–water partition coefficient (Wildman–Crippen LogP) is 20.5. The number of benzene rings is 15. The van der Waals surface area contributed by atoms with Crippen LogP contribution in [-0.4, -0.2) is 13.4 Å². The Morgan fingerprint density at radius 3 is 1.39 bits per heavy atom.